The Morgan fingerprint density at radius 3 is 2.53 bits per heavy atom. The van der Waals surface area contributed by atoms with Crippen LogP contribution in [0.1, 0.15) is 29.7 Å². The van der Waals surface area contributed by atoms with Crippen molar-refractivity contribution in [2.45, 2.75) is 26.8 Å². The third kappa shape index (κ3) is 2.81. The number of anilines is 1. The molecule has 0 fully saturated rings. The Labute approximate surface area is 113 Å². The van der Waals surface area contributed by atoms with Gasteiger partial charge < -0.3 is 15.5 Å². The van der Waals surface area contributed by atoms with E-state index in [4.69, 9.17) is 0 Å². The molecule has 0 saturated carbocycles. The summed E-state index contributed by atoms with van der Waals surface area (Å²) < 4.78 is 0. The van der Waals surface area contributed by atoms with Crippen LogP contribution in [0.3, 0.4) is 0 Å². The summed E-state index contributed by atoms with van der Waals surface area (Å²) in [5.74, 6) is 0.338. The SMILES string of the molecule is Cc1cccc(NC(C)c2cc(O)ccc2O)c1C. The first-order chi connectivity index (χ1) is 8.99. The Morgan fingerprint density at radius 1 is 1.05 bits per heavy atom. The molecule has 3 heteroatoms. The maximum atomic E-state index is 9.86. The van der Waals surface area contributed by atoms with Crippen LogP contribution in [0.25, 0.3) is 0 Å². The van der Waals surface area contributed by atoms with E-state index in [2.05, 4.69) is 25.2 Å². The molecule has 0 amide bonds. The van der Waals surface area contributed by atoms with Gasteiger partial charge in [-0.15, -0.1) is 0 Å². The summed E-state index contributed by atoms with van der Waals surface area (Å²) in [6, 6.07) is 10.6. The number of benzene rings is 2. The van der Waals surface area contributed by atoms with Crippen molar-refractivity contribution in [3.05, 3.63) is 53.1 Å². The molecule has 0 spiro atoms. The van der Waals surface area contributed by atoms with E-state index < -0.39 is 0 Å². The number of hydrogen-bond acceptors (Lipinski definition) is 3. The molecule has 100 valence electrons. The molecule has 2 aromatic rings. The first kappa shape index (κ1) is 13.3. The van der Waals surface area contributed by atoms with Gasteiger partial charge in [0.05, 0.1) is 6.04 Å². The van der Waals surface area contributed by atoms with Gasteiger partial charge in [0.25, 0.3) is 0 Å². The maximum absolute atomic E-state index is 9.86. The summed E-state index contributed by atoms with van der Waals surface area (Å²) in [5.41, 5.74) is 4.13. The van der Waals surface area contributed by atoms with Gasteiger partial charge in [-0.3, -0.25) is 0 Å². The lowest BCUT2D eigenvalue weighted by Gasteiger charge is -2.19. The Kier molecular flexibility index (Phi) is 3.65. The summed E-state index contributed by atoms with van der Waals surface area (Å²) in [6.45, 7) is 6.08. The quantitative estimate of drug-likeness (QED) is 0.731. The second kappa shape index (κ2) is 5.22. The highest BCUT2D eigenvalue weighted by Crippen LogP contribution is 2.31. The third-order valence-electron chi connectivity index (χ3n) is 3.45. The zero-order valence-electron chi connectivity index (χ0n) is 11.4. The van der Waals surface area contributed by atoms with Gasteiger partial charge in [0.15, 0.2) is 0 Å². The summed E-state index contributed by atoms with van der Waals surface area (Å²) >= 11 is 0. The van der Waals surface area contributed by atoms with Gasteiger partial charge in [-0.25, -0.2) is 0 Å². The highest BCUT2D eigenvalue weighted by molar-refractivity contribution is 5.56. The maximum Gasteiger partial charge on any atom is 0.121 e. The van der Waals surface area contributed by atoms with Gasteiger partial charge in [-0.05, 0) is 56.2 Å². The molecule has 2 aromatic carbocycles. The molecule has 3 nitrogen and oxygen atoms in total. The topological polar surface area (TPSA) is 52.5 Å². The molecule has 0 aliphatic heterocycles. The van der Waals surface area contributed by atoms with Gasteiger partial charge in [0, 0.05) is 11.3 Å². The number of aryl methyl sites for hydroxylation is 1. The fourth-order valence-corrected chi connectivity index (χ4v) is 2.11. The zero-order valence-corrected chi connectivity index (χ0v) is 11.4. The summed E-state index contributed by atoms with van der Waals surface area (Å²) in [7, 11) is 0. The molecule has 19 heavy (non-hydrogen) atoms. The molecule has 0 aromatic heterocycles. The monoisotopic (exact) mass is 257 g/mol. The lowest BCUT2D eigenvalue weighted by molar-refractivity contribution is 0.451. The number of phenolic OH excluding ortho intramolecular Hbond substituents is 2. The van der Waals surface area contributed by atoms with Crippen LogP contribution in [0.15, 0.2) is 36.4 Å². The molecule has 3 N–H and O–H groups in total. The van der Waals surface area contributed by atoms with Crippen LogP contribution >= 0.6 is 0 Å². The van der Waals surface area contributed by atoms with Gasteiger partial charge in [0.2, 0.25) is 0 Å². The standard InChI is InChI=1S/C16H19NO2/c1-10-5-4-6-15(11(10)2)17-12(3)14-9-13(18)7-8-16(14)19/h4-9,12,17-19H,1-3H3. The molecule has 1 unspecified atom stereocenters. The highest BCUT2D eigenvalue weighted by Gasteiger charge is 2.12. The van der Waals surface area contributed by atoms with Crippen molar-refractivity contribution in [3.63, 3.8) is 0 Å². The summed E-state index contributed by atoms with van der Waals surface area (Å²) in [5, 5.41) is 22.7. The predicted molar refractivity (Wildman–Crippen MR) is 77.7 cm³/mol. The van der Waals surface area contributed by atoms with Gasteiger partial charge in [-0.2, -0.15) is 0 Å². The Bertz CT molecular complexity index is 593. The van der Waals surface area contributed by atoms with E-state index in [1.165, 1.54) is 23.3 Å². The lowest BCUT2D eigenvalue weighted by atomic mass is 10.0. The van der Waals surface area contributed by atoms with Crippen LogP contribution in [0.2, 0.25) is 0 Å². The first-order valence-corrected chi connectivity index (χ1v) is 6.33. The first-order valence-electron chi connectivity index (χ1n) is 6.33. The van der Waals surface area contributed by atoms with Crippen molar-refractivity contribution in [2.24, 2.45) is 0 Å². The Balaban J connectivity index is 2.28. The van der Waals surface area contributed by atoms with Crippen molar-refractivity contribution in [1.82, 2.24) is 0 Å². The lowest BCUT2D eigenvalue weighted by Crippen LogP contribution is -2.08. The molecule has 0 radical (unpaired) electrons. The number of aromatic hydroxyl groups is 2. The van der Waals surface area contributed by atoms with E-state index in [0.29, 0.717) is 5.56 Å². The molecular weight excluding hydrogens is 238 g/mol. The van der Waals surface area contributed by atoms with Crippen LogP contribution < -0.4 is 5.32 Å². The second-order valence-electron chi connectivity index (χ2n) is 4.86. The normalized spacial score (nSPS) is 12.2. The molecule has 0 aliphatic carbocycles. The van der Waals surface area contributed by atoms with Crippen LogP contribution in [0.5, 0.6) is 11.5 Å². The molecule has 0 bridgehead atoms. The van der Waals surface area contributed by atoms with Crippen LogP contribution in [-0.2, 0) is 0 Å². The summed E-state index contributed by atoms with van der Waals surface area (Å²) in [6.07, 6.45) is 0. The highest BCUT2D eigenvalue weighted by atomic mass is 16.3. The minimum Gasteiger partial charge on any atom is -0.508 e. The number of hydrogen-bond donors (Lipinski definition) is 3. The second-order valence-corrected chi connectivity index (χ2v) is 4.86. The van der Waals surface area contributed by atoms with Gasteiger partial charge in [0.1, 0.15) is 11.5 Å². The summed E-state index contributed by atoms with van der Waals surface area (Å²) in [4.78, 5) is 0. The van der Waals surface area contributed by atoms with Crippen LogP contribution in [0.4, 0.5) is 5.69 Å². The average molecular weight is 257 g/mol. The number of phenols is 2. The fraction of sp³-hybridized carbons (Fsp3) is 0.250. The predicted octanol–water partition coefficient (Wildman–Crippen LogP) is 3.89. The van der Waals surface area contributed by atoms with Crippen molar-refractivity contribution in [2.75, 3.05) is 5.32 Å². The van der Waals surface area contributed by atoms with Crippen LogP contribution in [-0.4, -0.2) is 10.2 Å². The van der Waals surface area contributed by atoms with Crippen molar-refractivity contribution in [3.8, 4) is 11.5 Å². The number of rotatable bonds is 3. The fourth-order valence-electron chi connectivity index (χ4n) is 2.11. The molecule has 2 rings (SSSR count). The average Bonchev–Trinajstić information content (AvgIpc) is 2.38. The Hall–Kier alpha value is -2.16. The molecule has 0 saturated heterocycles. The number of nitrogens with one attached hydrogen (secondary N) is 1. The van der Waals surface area contributed by atoms with Gasteiger partial charge >= 0.3 is 0 Å². The minimum atomic E-state index is -0.0902. The van der Waals surface area contributed by atoms with Crippen LogP contribution in [0, 0.1) is 13.8 Å². The van der Waals surface area contributed by atoms with E-state index in [0.717, 1.165) is 5.69 Å². The molecular formula is C16H19NO2. The van der Waals surface area contributed by atoms with Crippen molar-refractivity contribution in [1.29, 1.82) is 0 Å². The molecule has 0 aliphatic rings. The Morgan fingerprint density at radius 2 is 1.79 bits per heavy atom. The minimum absolute atomic E-state index is 0.0902. The van der Waals surface area contributed by atoms with Crippen molar-refractivity contribution >= 4 is 5.69 Å². The molecule has 0 heterocycles. The van der Waals surface area contributed by atoms with E-state index in [-0.39, 0.29) is 17.5 Å². The molecule has 1 atom stereocenters. The van der Waals surface area contributed by atoms with E-state index in [1.54, 1.807) is 6.07 Å². The third-order valence-corrected chi connectivity index (χ3v) is 3.45. The van der Waals surface area contributed by atoms with E-state index >= 15 is 0 Å². The zero-order chi connectivity index (χ0) is 14.0. The smallest absolute Gasteiger partial charge is 0.121 e. The van der Waals surface area contributed by atoms with E-state index in [1.807, 2.05) is 19.1 Å². The largest absolute Gasteiger partial charge is 0.508 e. The van der Waals surface area contributed by atoms with Crippen molar-refractivity contribution < 1.29 is 10.2 Å². The van der Waals surface area contributed by atoms with Gasteiger partial charge in [-0.1, -0.05) is 12.1 Å². The van der Waals surface area contributed by atoms with E-state index in [9.17, 15) is 10.2 Å².